The average molecular weight is 246 g/mol. The Bertz CT molecular complexity index is 410. The van der Waals surface area contributed by atoms with Crippen LogP contribution in [0.2, 0.25) is 0 Å². The van der Waals surface area contributed by atoms with E-state index in [-0.39, 0.29) is 5.84 Å². The summed E-state index contributed by atoms with van der Waals surface area (Å²) in [5.74, 6) is 0.0385. The molecule has 0 radical (unpaired) electrons. The van der Waals surface area contributed by atoms with E-state index in [1.807, 2.05) is 12.1 Å². The molecule has 0 unspecified atom stereocenters. The number of amidine groups is 1. The molecule has 0 bridgehead atoms. The fraction of sp³-hybridized carbons (Fsp3) is 0.571. The van der Waals surface area contributed by atoms with Crippen molar-refractivity contribution in [2.45, 2.75) is 45.1 Å². The number of hydrogen-bond donors (Lipinski definition) is 2. The Balaban J connectivity index is 2.20. The molecule has 0 aromatic carbocycles. The van der Waals surface area contributed by atoms with Gasteiger partial charge in [0.15, 0.2) is 0 Å². The molecule has 1 fully saturated rings. The molecule has 4 nitrogen and oxygen atoms in total. The molecule has 0 amide bonds. The lowest BCUT2D eigenvalue weighted by molar-refractivity contribution is 0.418. The van der Waals surface area contributed by atoms with Gasteiger partial charge in [0.05, 0.1) is 0 Å². The second kappa shape index (κ2) is 5.85. The minimum absolute atomic E-state index is 0.0385. The van der Waals surface area contributed by atoms with E-state index in [9.17, 15) is 0 Å². The van der Waals surface area contributed by atoms with Crippen molar-refractivity contribution in [1.82, 2.24) is 4.98 Å². The molecule has 1 aliphatic carbocycles. The van der Waals surface area contributed by atoms with Crippen LogP contribution in [-0.2, 0) is 0 Å². The summed E-state index contributed by atoms with van der Waals surface area (Å²) in [6, 6.07) is 4.58. The molecule has 1 heterocycles. The molecular weight excluding hydrogens is 224 g/mol. The molecule has 1 aromatic heterocycles. The summed E-state index contributed by atoms with van der Waals surface area (Å²) >= 11 is 0. The monoisotopic (exact) mass is 246 g/mol. The topological polar surface area (TPSA) is 66.0 Å². The molecule has 18 heavy (non-hydrogen) atoms. The Kier molecular flexibility index (Phi) is 4.18. The van der Waals surface area contributed by atoms with Gasteiger partial charge in [-0.2, -0.15) is 0 Å². The minimum Gasteiger partial charge on any atom is -0.382 e. The van der Waals surface area contributed by atoms with E-state index >= 15 is 0 Å². The summed E-state index contributed by atoms with van der Waals surface area (Å²) in [7, 11) is 0. The number of rotatable bonds is 4. The van der Waals surface area contributed by atoms with Gasteiger partial charge in [-0.15, -0.1) is 0 Å². The maximum Gasteiger partial charge on any atom is 0.141 e. The van der Waals surface area contributed by atoms with Gasteiger partial charge in [0.2, 0.25) is 0 Å². The zero-order valence-corrected chi connectivity index (χ0v) is 11.0. The fourth-order valence-corrected chi connectivity index (χ4v) is 2.79. The highest BCUT2D eigenvalue weighted by Gasteiger charge is 2.20. The van der Waals surface area contributed by atoms with Crippen molar-refractivity contribution in [3.05, 3.63) is 24.0 Å². The van der Waals surface area contributed by atoms with Crippen molar-refractivity contribution in [3.8, 4) is 0 Å². The molecule has 98 valence electrons. The normalized spacial score (nSPS) is 16.5. The fourth-order valence-electron chi connectivity index (χ4n) is 2.79. The van der Waals surface area contributed by atoms with E-state index < -0.39 is 0 Å². The van der Waals surface area contributed by atoms with Gasteiger partial charge in [0.25, 0.3) is 0 Å². The Morgan fingerprint density at radius 2 is 2.17 bits per heavy atom. The Morgan fingerprint density at radius 3 is 2.78 bits per heavy atom. The molecule has 0 atom stereocenters. The van der Waals surface area contributed by atoms with Crippen LogP contribution >= 0.6 is 0 Å². The van der Waals surface area contributed by atoms with Crippen molar-refractivity contribution < 1.29 is 0 Å². The molecule has 1 aliphatic rings. The SMILES string of the molecule is CCN(c1ccnc(C(=N)N)c1)C1CCCCC1. The highest BCUT2D eigenvalue weighted by molar-refractivity contribution is 5.93. The third kappa shape index (κ3) is 2.81. The number of nitrogens with one attached hydrogen (secondary N) is 1. The summed E-state index contributed by atoms with van der Waals surface area (Å²) in [6.45, 7) is 3.18. The first-order valence-electron chi connectivity index (χ1n) is 6.79. The lowest BCUT2D eigenvalue weighted by Gasteiger charge is -2.35. The van der Waals surface area contributed by atoms with Gasteiger partial charge in [0.1, 0.15) is 11.5 Å². The number of nitrogen functional groups attached to an aromatic ring is 1. The largest absolute Gasteiger partial charge is 0.382 e. The van der Waals surface area contributed by atoms with Crippen molar-refractivity contribution in [2.24, 2.45) is 5.73 Å². The summed E-state index contributed by atoms with van der Waals surface area (Å²) < 4.78 is 0. The van der Waals surface area contributed by atoms with Gasteiger partial charge in [-0.05, 0) is 31.9 Å². The van der Waals surface area contributed by atoms with Crippen molar-refractivity contribution in [2.75, 3.05) is 11.4 Å². The first kappa shape index (κ1) is 12.9. The second-order valence-corrected chi connectivity index (χ2v) is 4.89. The third-order valence-electron chi connectivity index (χ3n) is 3.71. The third-order valence-corrected chi connectivity index (χ3v) is 3.71. The highest BCUT2D eigenvalue weighted by atomic mass is 15.2. The summed E-state index contributed by atoms with van der Waals surface area (Å²) in [6.07, 6.45) is 8.30. The zero-order valence-electron chi connectivity index (χ0n) is 11.0. The number of nitrogens with two attached hydrogens (primary N) is 1. The maximum absolute atomic E-state index is 7.47. The quantitative estimate of drug-likeness (QED) is 0.633. The number of pyridine rings is 1. The summed E-state index contributed by atoms with van der Waals surface area (Å²) in [4.78, 5) is 6.55. The van der Waals surface area contributed by atoms with Gasteiger partial charge < -0.3 is 10.6 Å². The smallest absolute Gasteiger partial charge is 0.141 e. The number of hydrogen-bond acceptors (Lipinski definition) is 3. The van der Waals surface area contributed by atoms with Crippen molar-refractivity contribution in [1.29, 1.82) is 5.41 Å². The molecule has 2 rings (SSSR count). The second-order valence-electron chi connectivity index (χ2n) is 4.89. The van der Waals surface area contributed by atoms with Crippen LogP contribution in [0.1, 0.15) is 44.7 Å². The predicted octanol–water partition coefficient (Wildman–Crippen LogP) is 2.52. The lowest BCUT2D eigenvalue weighted by atomic mass is 9.94. The maximum atomic E-state index is 7.47. The number of aromatic nitrogens is 1. The van der Waals surface area contributed by atoms with Crippen LogP contribution in [0.5, 0.6) is 0 Å². The van der Waals surface area contributed by atoms with E-state index in [1.165, 1.54) is 32.1 Å². The van der Waals surface area contributed by atoms with Gasteiger partial charge in [-0.3, -0.25) is 10.4 Å². The summed E-state index contributed by atoms with van der Waals surface area (Å²) in [5, 5.41) is 7.47. The van der Waals surface area contributed by atoms with E-state index in [4.69, 9.17) is 11.1 Å². The Labute approximate surface area is 109 Å². The minimum atomic E-state index is 0.0385. The van der Waals surface area contributed by atoms with E-state index in [2.05, 4.69) is 16.8 Å². The first-order valence-corrected chi connectivity index (χ1v) is 6.79. The van der Waals surface area contributed by atoms with Crippen LogP contribution in [-0.4, -0.2) is 23.4 Å². The Morgan fingerprint density at radius 1 is 1.44 bits per heavy atom. The lowest BCUT2D eigenvalue weighted by Crippen LogP contribution is -2.36. The van der Waals surface area contributed by atoms with E-state index in [1.54, 1.807) is 6.20 Å². The molecule has 0 aliphatic heterocycles. The first-order chi connectivity index (χ1) is 8.72. The van der Waals surface area contributed by atoms with Crippen LogP contribution in [0, 0.1) is 5.41 Å². The summed E-state index contributed by atoms with van der Waals surface area (Å²) in [5.41, 5.74) is 7.22. The van der Waals surface area contributed by atoms with Crippen LogP contribution < -0.4 is 10.6 Å². The molecule has 3 N–H and O–H groups in total. The van der Waals surface area contributed by atoms with Crippen molar-refractivity contribution in [3.63, 3.8) is 0 Å². The van der Waals surface area contributed by atoms with Crippen LogP contribution in [0.4, 0.5) is 5.69 Å². The van der Waals surface area contributed by atoms with Gasteiger partial charge in [-0.25, -0.2) is 0 Å². The zero-order chi connectivity index (χ0) is 13.0. The van der Waals surface area contributed by atoms with E-state index in [0.29, 0.717) is 11.7 Å². The van der Waals surface area contributed by atoms with E-state index in [0.717, 1.165) is 12.2 Å². The van der Waals surface area contributed by atoms with Gasteiger partial charge >= 0.3 is 0 Å². The molecule has 4 heteroatoms. The molecule has 1 saturated carbocycles. The number of nitrogens with zero attached hydrogens (tertiary/aromatic N) is 2. The number of anilines is 1. The van der Waals surface area contributed by atoms with Gasteiger partial charge in [0, 0.05) is 24.5 Å². The van der Waals surface area contributed by atoms with Crippen LogP contribution in [0.3, 0.4) is 0 Å². The van der Waals surface area contributed by atoms with Crippen LogP contribution in [0.15, 0.2) is 18.3 Å². The average Bonchev–Trinajstić information content (AvgIpc) is 2.41. The molecular formula is C14H22N4. The van der Waals surface area contributed by atoms with Crippen LogP contribution in [0.25, 0.3) is 0 Å². The Hall–Kier alpha value is -1.58. The highest BCUT2D eigenvalue weighted by Crippen LogP contribution is 2.27. The predicted molar refractivity (Wildman–Crippen MR) is 75.1 cm³/mol. The van der Waals surface area contributed by atoms with Gasteiger partial charge in [-0.1, -0.05) is 19.3 Å². The van der Waals surface area contributed by atoms with Crippen molar-refractivity contribution >= 4 is 11.5 Å². The molecule has 0 spiro atoms. The standard InChI is InChI=1S/C14H22N4/c1-2-18(11-6-4-3-5-7-11)12-8-9-17-13(10-12)14(15)16/h8-11H,2-7H2,1H3,(H3,15,16). The molecule has 0 saturated heterocycles. The molecule has 1 aromatic rings.